The molecule has 0 aliphatic rings. The molecule has 0 radical (unpaired) electrons. The van der Waals surface area contributed by atoms with Gasteiger partial charge < -0.3 is 0 Å². The molecule has 0 aromatic carbocycles. The van der Waals surface area contributed by atoms with Gasteiger partial charge in [0, 0.05) is 12.8 Å². The molecule has 0 bridgehead atoms. The minimum absolute atomic E-state index is 0.361. The standard InChI is InChI=1S/C11H18O/c1-4-10(3)8-6-7-9-11(12)5-2/h4,8H,1,5-7,9H2,2-3H3. The fourth-order valence-electron chi connectivity index (χ4n) is 0.889. The van der Waals surface area contributed by atoms with Crippen molar-refractivity contribution in [3.05, 3.63) is 24.3 Å². The van der Waals surface area contributed by atoms with Crippen molar-refractivity contribution >= 4 is 5.78 Å². The highest BCUT2D eigenvalue weighted by Crippen LogP contribution is 2.03. The summed E-state index contributed by atoms with van der Waals surface area (Å²) >= 11 is 0. The number of hydrogen-bond acceptors (Lipinski definition) is 1. The smallest absolute Gasteiger partial charge is 0.132 e. The normalized spacial score (nSPS) is 11.3. The average Bonchev–Trinajstić information content (AvgIpc) is 2.11. The number of carbonyl (C=O) groups is 1. The molecule has 0 unspecified atom stereocenters. The first-order chi connectivity index (χ1) is 5.70. The Morgan fingerprint density at radius 2 is 2.17 bits per heavy atom. The zero-order valence-corrected chi connectivity index (χ0v) is 8.10. The van der Waals surface area contributed by atoms with E-state index in [1.54, 1.807) is 0 Å². The summed E-state index contributed by atoms with van der Waals surface area (Å²) in [6.45, 7) is 7.59. The second kappa shape index (κ2) is 6.84. The van der Waals surface area contributed by atoms with Crippen LogP contribution in [0.3, 0.4) is 0 Å². The van der Waals surface area contributed by atoms with Gasteiger partial charge in [0.25, 0.3) is 0 Å². The number of rotatable bonds is 6. The van der Waals surface area contributed by atoms with Gasteiger partial charge in [0.15, 0.2) is 0 Å². The third-order valence-electron chi connectivity index (χ3n) is 1.84. The van der Waals surface area contributed by atoms with Crippen LogP contribution in [0, 0.1) is 0 Å². The van der Waals surface area contributed by atoms with Crippen molar-refractivity contribution in [2.24, 2.45) is 0 Å². The summed E-state index contributed by atoms with van der Waals surface area (Å²) in [6.07, 6.45) is 7.31. The summed E-state index contributed by atoms with van der Waals surface area (Å²) in [5, 5.41) is 0. The van der Waals surface area contributed by atoms with E-state index in [0.29, 0.717) is 12.2 Å². The van der Waals surface area contributed by atoms with E-state index < -0.39 is 0 Å². The van der Waals surface area contributed by atoms with Crippen LogP contribution >= 0.6 is 0 Å². The number of Topliss-reactive ketones (excluding diaryl/α,β-unsaturated/α-hetero) is 1. The first-order valence-corrected chi connectivity index (χ1v) is 4.51. The molecular weight excluding hydrogens is 148 g/mol. The summed E-state index contributed by atoms with van der Waals surface area (Å²) in [4.78, 5) is 10.9. The predicted octanol–water partition coefficient (Wildman–Crippen LogP) is 3.27. The van der Waals surface area contributed by atoms with Crippen LogP contribution in [0.5, 0.6) is 0 Å². The second-order valence-electron chi connectivity index (χ2n) is 2.94. The first kappa shape index (κ1) is 11.2. The Balaban J connectivity index is 3.44. The Labute approximate surface area is 75.2 Å². The monoisotopic (exact) mass is 166 g/mol. The van der Waals surface area contributed by atoms with Gasteiger partial charge in [0.1, 0.15) is 5.78 Å². The van der Waals surface area contributed by atoms with Crippen LogP contribution in [-0.2, 0) is 4.79 Å². The van der Waals surface area contributed by atoms with Crippen molar-refractivity contribution in [2.75, 3.05) is 0 Å². The molecule has 0 rings (SSSR count). The van der Waals surface area contributed by atoms with Crippen molar-refractivity contribution < 1.29 is 4.79 Å². The molecule has 0 saturated carbocycles. The molecule has 1 nitrogen and oxygen atoms in total. The molecule has 0 aliphatic heterocycles. The van der Waals surface area contributed by atoms with E-state index in [4.69, 9.17) is 0 Å². The van der Waals surface area contributed by atoms with Gasteiger partial charge in [-0.1, -0.05) is 31.2 Å². The van der Waals surface area contributed by atoms with Crippen LogP contribution in [0.25, 0.3) is 0 Å². The van der Waals surface area contributed by atoms with E-state index in [9.17, 15) is 4.79 Å². The number of unbranched alkanes of at least 4 members (excludes halogenated alkanes) is 1. The van der Waals surface area contributed by atoms with Crippen molar-refractivity contribution in [1.29, 1.82) is 0 Å². The summed E-state index contributed by atoms with van der Waals surface area (Å²) in [5.41, 5.74) is 1.19. The van der Waals surface area contributed by atoms with Crippen molar-refractivity contribution in [3.8, 4) is 0 Å². The summed E-state index contributed by atoms with van der Waals surface area (Å²) < 4.78 is 0. The fourth-order valence-corrected chi connectivity index (χ4v) is 0.889. The SMILES string of the molecule is C=CC(C)=CCCCC(=O)CC. The van der Waals surface area contributed by atoms with E-state index in [0.717, 1.165) is 19.3 Å². The largest absolute Gasteiger partial charge is 0.300 e. The van der Waals surface area contributed by atoms with Gasteiger partial charge in [-0.15, -0.1) is 0 Å². The molecule has 0 aromatic heterocycles. The Hall–Kier alpha value is -0.850. The topological polar surface area (TPSA) is 17.1 Å². The number of ketones is 1. The Bertz CT molecular complexity index is 177. The molecule has 0 fully saturated rings. The molecule has 0 aromatic rings. The van der Waals surface area contributed by atoms with Crippen molar-refractivity contribution in [1.82, 2.24) is 0 Å². The quantitative estimate of drug-likeness (QED) is 0.437. The summed E-state index contributed by atoms with van der Waals surface area (Å²) in [6, 6.07) is 0. The maximum Gasteiger partial charge on any atom is 0.132 e. The lowest BCUT2D eigenvalue weighted by Crippen LogP contribution is -1.93. The number of hydrogen-bond donors (Lipinski definition) is 0. The minimum atomic E-state index is 0.361. The lowest BCUT2D eigenvalue weighted by atomic mass is 10.1. The molecule has 1 heteroatoms. The van der Waals surface area contributed by atoms with E-state index in [2.05, 4.69) is 12.7 Å². The Kier molecular flexibility index (Phi) is 6.35. The molecule has 0 spiro atoms. The lowest BCUT2D eigenvalue weighted by Gasteiger charge is -1.95. The van der Waals surface area contributed by atoms with E-state index in [1.807, 2.05) is 19.9 Å². The van der Waals surface area contributed by atoms with Gasteiger partial charge >= 0.3 is 0 Å². The molecule has 68 valence electrons. The molecule has 0 atom stereocenters. The molecule has 0 heterocycles. The zero-order chi connectivity index (χ0) is 9.40. The number of allylic oxidation sites excluding steroid dienone is 3. The summed E-state index contributed by atoms with van der Waals surface area (Å²) in [5.74, 6) is 0.361. The van der Waals surface area contributed by atoms with Crippen LogP contribution in [0.1, 0.15) is 39.5 Å². The van der Waals surface area contributed by atoms with Crippen LogP contribution in [0.4, 0.5) is 0 Å². The molecule has 0 amide bonds. The zero-order valence-electron chi connectivity index (χ0n) is 8.10. The van der Waals surface area contributed by atoms with Gasteiger partial charge in [0.2, 0.25) is 0 Å². The fraction of sp³-hybridized carbons (Fsp3) is 0.545. The molecule has 0 saturated heterocycles. The van der Waals surface area contributed by atoms with Crippen LogP contribution in [-0.4, -0.2) is 5.78 Å². The van der Waals surface area contributed by atoms with Gasteiger partial charge in [-0.3, -0.25) is 4.79 Å². The first-order valence-electron chi connectivity index (χ1n) is 4.51. The van der Waals surface area contributed by atoms with E-state index in [-0.39, 0.29) is 0 Å². The van der Waals surface area contributed by atoms with Gasteiger partial charge in [-0.05, 0) is 19.8 Å². The molecule has 12 heavy (non-hydrogen) atoms. The maximum absolute atomic E-state index is 10.9. The number of carbonyl (C=O) groups excluding carboxylic acids is 1. The van der Waals surface area contributed by atoms with Gasteiger partial charge in [-0.2, -0.15) is 0 Å². The van der Waals surface area contributed by atoms with Crippen LogP contribution in [0.2, 0.25) is 0 Å². The van der Waals surface area contributed by atoms with E-state index >= 15 is 0 Å². The van der Waals surface area contributed by atoms with Crippen LogP contribution < -0.4 is 0 Å². The molecular formula is C11H18O. The second-order valence-corrected chi connectivity index (χ2v) is 2.94. The third kappa shape index (κ3) is 5.90. The van der Waals surface area contributed by atoms with Crippen LogP contribution in [0.15, 0.2) is 24.3 Å². The molecule has 0 N–H and O–H groups in total. The highest BCUT2D eigenvalue weighted by Gasteiger charge is 1.95. The predicted molar refractivity (Wildman–Crippen MR) is 53.1 cm³/mol. The third-order valence-corrected chi connectivity index (χ3v) is 1.84. The lowest BCUT2D eigenvalue weighted by molar-refractivity contribution is -0.118. The van der Waals surface area contributed by atoms with Crippen molar-refractivity contribution in [3.63, 3.8) is 0 Å². The van der Waals surface area contributed by atoms with Gasteiger partial charge in [0.05, 0.1) is 0 Å². The minimum Gasteiger partial charge on any atom is -0.300 e. The molecule has 0 aliphatic carbocycles. The average molecular weight is 166 g/mol. The summed E-state index contributed by atoms with van der Waals surface area (Å²) in [7, 11) is 0. The maximum atomic E-state index is 10.9. The Morgan fingerprint density at radius 3 is 2.67 bits per heavy atom. The highest BCUT2D eigenvalue weighted by molar-refractivity contribution is 5.77. The van der Waals surface area contributed by atoms with E-state index in [1.165, 1.54) is 5.57 Å². The van der Waals surface area contributed by atoms with Crippen molar-refractivity contribution in [2.45, 2.75) is 39.5 Å². The highest BCUT2D eigenvalue weighted by atomic mass is 16.1. The Morgan fingerprint density at radius 1 is 1.50 bits per heavy atom. The van der Waals surface area contributed by atoms with Gasteiger partial charge in [-0.25, -0.2) is 0 Å².